The van der Waals surface area contributed by atoms with Crippen LogP contribution in [0.25, 0.3) is 0 Å². The highest BCUT2D eigenvalue weighted by Crippen LogP contribution is 2.20. The SMILES string of the molecule is CCCCCCCCCC(CCCCCCCC)CN(C)C. The van der Waals surface area contributed by atoms with E-state index in [1.807, 2.05) is 0 Å². The van der Waals surface area contributed by atoms with Crippen LogP contribution in [0, 0.1) is 5.92 Å². The monoisotopic (exact) mass is 311 g/mol. The van der Waals surface area contributed by atoms with Gasteiger partial charge in [0.1, 0.15) is 0 Å². The van der Waals surface area contributed by atoms with E-state index in [-0.39, 0.29) is 0 Å². The van der Waals surface area contributed by atoms with Crippen molar-refractivity contribution in [3.63, 3.8) is 0 Å². The summed E-state index contributed by atoms with van der Waals surface area (Å²) in [6.45, 7) is 5.90. The fraction of sp³-hybridized carbons (Fsp3) is 1.00. The second-order valence-corrected chi connectivity index (χ2v) is 7.59. The van der Waals surface area contributed by atoms with Crippen molar-refractivity contribution < 1.29 is 0 Å². The molecule has 0 bridgehead atoms. The largest absolute Gasteiger partial charge is 0.309 e. The van der Waals surface area contributed by atoms with E-state index in [9.17, 15) is 0 Å². The topological polar surface area (TPSA) is 3.24 Å². The van der Waals surface area contributed by atoms with E-state index in [4.69, 9.17) is 0 Å². The lowest BCUT2D eigenvalue weighted by molar-refractivity contribution is 0.286. The summed E-state index contributed by atoms with van der Waals surface area (Å²) in [6.07, 6.45) is 21.6. The maximum atomic E-state index is 2.39. The third kappa shape index (κ3) is 16.3. The minimum Gasteiger partial charge on any atom is -0.309 e. The third-order valence-corrected chi connectivity index (χ3v) is 4.81. The fourth-order valence-corrected chi connectivity index (χ4v) is 3.45. The molecule has 1 atom stereocenters. The van der Waals surface area contributed by atoms with Crippen molar-refractivity contribution in [3.8, 4) is 0 Å². The number of hydrogen-bond donors (Lipinski definition) is 0. The molecule has 0 aliphatic heterocycles. The summed E-state index contributed by atoms with van der Waals surface area (Å²) < 4.78 is 0. The van der Waals surface area contributed by atoms with E-state index >= 15 is 0 Å². The molecule has 0 saturated heterocycles. The van der Waals surface area contributed by atoms with Gasteiger partial charge in [-0.15, -0.1) is 0 Å². The van der Waals surface area contributed by atoms with Crippen LogP contribution in [-0.2, 0) is 0 Å². The molecular weight excluding hydrogens is 266 g/mol. The lowest BCUT2D eigenvalue weighted by Gasteiger charge is -2.21. The van der Waals surface area contributed by atoms with Crippen LogP contribution in [0.3, 0.4) is 0 Å². The van der Waals surface area contributed by atoms with Crippen LogP contribution < -0.4 is 0 Å². The molecule has 0 aromatic rings. The van der Waals surface area contributed by atoms with Gasteiger partial charge in [0.25, 0.3) is 0 Å². The van der Waals surface area contributed by atoms with Gasteiger partial charge in [-0.1, -0.05) is 97.3 Å². The highest BCUT2D eigenvalue weighted by Gasteiger charge is 2.09. The first kappa shape index (κ1) is 22.0. The first-order valence-corrected chi connectivity index (χ1v) is 10.3. The summed E-state index contributed by atoms with van der Waals surface area (Å²) in [6, 6.07) is 0. The fourth-order valence-electron chi connectivity index (χ4n) is 3.45. The van der Waals surface area contributed by atoms with Crippen molar-refractivity contribution in [2.45, 2.75) is 110 Å². The molecule has 0 saturated carbocycles. The first-order valence-electron chi connectivity index (χ1n) is 10.3. The van der Waals surface area contributed by atoms with E-state index < -0.39 is 0 Å². The van der Waals surface area contributed by atoms with Crippen molar-refractivity contribution >= 4 is 0 Å². The van der Waals surface area contributed by atoms with Gasteiger partial charge >= 0.3 is 0 Å². The minimum absolute atomic E-state index is 0.941. The van der Waals surface area contributed by atoms with Gasteiger partial charge in [-0.2, -0.15) is 0 Å². The second kappa shape index (κ2) is 17.3. The summed E-state index contributed by atoms with van der Waals surface area (Å²) in [7, 11) is 4.47. The van der Waals surface area contributed by atoms with E-state index in [0.717, 1.165) is 5.92 Å². The van der Waals surface area contributed by atoms with Gasteiger partial charge in [0.05, 0.1) is 0 Å². The summed E-state index contributed by atoms with van der Waals surface area (Å²) in [5, 5.41) is 0. The van der Waals surface area contributed by atoms with E-state index in [1.54, 1.807) is 0 Å². The molecule has 0 N–H and O–H groups in total. The Morgan fingerprint density at radius 3 is 1.27 bits per heavy atom. The molecule has 0 spiro atoms. The van der Waals surface area contributed by atoms with Crippen LogP contribution in [-0.4, -0.2) is 25.5 Å². The Bertz CT molecular complexity index is 200. The first-order chi connectivity index (χ1) is 10.7. The van der Waals surface area contributed by atoms with Crippen LogP contribution in [0.15, 0.2) is 0 Å². The van der Waals surface area contributed by atoms with E-state index in [2.05, 4.69) is 32.8 Å². The zero-order valence-corrected chi connectivity index (χ0v) is 16.3. The standard InChI is InChI=1S/C21H45N/c1-5-7-9-11-13-15-17-19-21(20-22(3)4)18-16-14-12-10-8-6-2/h21H,5-20H2,1-4H3. The molecule has 1 nitrogen and oxygen atoms in total. The molecule has 0 radical (unpaired) electrons. The lowest BCUT2D eigenvalue weighted by atomic mass is 9.93. The summed E-state index contributed by atoms with van der Waals surface area (Å²) in [5.74, 6) is 0.941. The quantitative estimate of drug-likeness (QED) is 0.260. The van der Waals surface area contributed by atoms with Gasteiger partial charge < -0.3 is 4.90 Å². The maximum Gasteiger partial charge on any atom is 0.000356 e. The van der Waals surface area contributed by atoms with Gasteiger partial charge in [-0.25, -0.2) is 0 Å². The van der Waals surface area contributed by atoms with Crippen molar-refractivity contribution in [1.82, 2.24) is 4.90 Å². The highest BCUT2D eigenvalue weighted by molar-refractivity contribution is 4.63. The zero-order chi connectivity index (χ0) is 16.5. The van der Waals surface area contributed by atoms with Crippen LogP contribution in [0.1, 0.15) is 110 Å². The van der Waals surface area contributed by atoms with E-state index in [1.165, 1.54) is 103 Å². The Morgan fingerprint density at radius 2 is 0.909 bits per heavy atom. The average molecular weight is 312 g/mol. The van der Waals surface area contributed by atoms with Gasteiger partial charge in [0.15, 0.2) is 0 Å². The predicted molar refractivity (Wildman–Crippen MR) is 103 cm³/mol. The molecule has 0 heterocycles. The number of hydrogen-bond acceptors (Lipinski definition) is 1. The number of rotatable bonds is 17. The lowest BCUT2D eigenvalue weighted by Crippen LogP contribution is -2.21. The van der Waals surface area contributed by atoms with Crippen LogP contribution in [0.5, 0.6) is 0 Å². The normalized spacial score (nSPS) is 13.0. The molecule has 1 unspecified atom stereocenters. The molecule has 0 aliphatic carbocycles. The molecule has 0 rings (SSSR count). The maximum absolute atomic E-state index is 2.39. The third-order valence-electron chi connectivity index (χ3n) is 4.81. The number of nitrogens with zero attached hydrogens (tertiary/aromatic N) is 1. The Labute approximate surface area is 142 Å². The van der Waals surface area contributed by atoms with Crippen molar-refractivity contribution in [1.29, 1.82) is 0 Å². The van der Waals surface area contributed by atoms with Gasteiger partial charge in [-0.05, 0) is 32.9 Å². The Hall–Kier alpha value is -0.0400. The average Bonchev–Trinajstić information content (AvgIpc) is 2.49. The Balaban J connectivity index is 3.61. The van der Waals surface area contributed by atoms with Gasteiger partial charge in [-0.3, -0.25) is 0 Å². The Kier molecular flexibility index (Phi) is 17.3. The van der Waals surface area contributed by atoms with Gasteiger partial charge in [0, 0.05) is 6.54 Å². The van der Waals surface area contributed by atoms with Gasteiger partial charge in [0.2, 0.25) is 0 Å². The molecule has 22 heavy (non-hydrogen) atoms. The minimum atomic E-state index is 0.941. The van der Waals surface area contributed by atoms with Crippen LogP contribution in [0.2, 0.25) is 0 Å². The summed E-state index contributed by atoms with van der Waals surface area (Å²) in [5.41, 5.74) is 0. The van der Waals surface area contributed by atoms with E-state index in [0.29, 0.717) is 0 Å². The molecule has 1 heteroatoms. The summed E-state index contributed by atoms with van der Waals surface area (Å²) in [4.78, 5) is 2.39. The van der Waals surface area contributed by atoms with Crippen molar-refractivity contribution in [3.05, 3.63) is 0 Å². The molecular formula is C21H45N. The molecule has 0 aromatic carbocycles. The highest BCUT2D eigenvalue weighted by atomic mass is 15.1. The molecule has 134 valence electrons. The van der Waals surface area contributed by atoms with Crippen molar-refractivity contribution in [2.24, 2.45) is 5.92 Å². The molecule has 0 aromatic heterocycles. The predicted octanol–water partition coefficient (Wildman–Crippen LogP) is 7.06. The zero-order valence-electron chi connectivity index (χ0n) is 16.3. The molecule has 0 amide bonds. The van der Waals surface area contributed by atoms with Crippen molar-refractivity contribution in [2.75, 3.05) is 20.6 Å². The van der Waals surface area contributed by atoms with Crippen LogP contribution in [0.4, 0.5) is 0 Å². The molecule has 0 fully saturated rings. The second-order valence-electron chi connectivity index (χ2n) is 7.59. The Morgan fingerprint density at radius 1 is 0.545 bits per heavy atom. The summed E-state index contributed by atoms with van der Waals surface area (Å²) >= 11 is 0. The number of unbranched alkanes of at least 4 members (excludes halogenated alkanes) is 11. The smallest absolute Gasteiger partial charge is 0.000356 e. The molecule has 0 aliphatic rings. The van der Waals surface area contributed by atoms with Crippen LogP contribution >= 0.6 is 0 Å².